The SMILES string of the molecule is Cc1cc(C(=O)N2C[C@@H](F)C[C@H]2CNC(=O)CC2CCCC2)c2c(C)noc2n1. The van der Waals surface area contributed by atoms with Crippen LogP contribution >= 0.6 is 0 Å². The zero-order valence-corrected chi connectivity index (χ0v) is 16.9. The van der Waals surface area contributed by atoms with Crippen LogP contribution in [0.5, 0.6) is 0 Å². The van der Waals surface area contributed by atoms with Gasteiger partial charge in [0.15, 0.2) is 0 Å². The van der Waals surface area contributed by atoms with Gasteiger partial charge in [-0.2, -0.15) is 0 Å². The van der Waals surface area contributed by atoms with Crippen LogP contribution < -0.4 is 5.32 Å². The summed E-state index contributed by atoms with van der Waals surface area (Å²) in [7, 11) is 0. The molecule has 2 atom stereocenters. The number of alkyl halides is 1. The summed E-state index contributed by atoms with van der Waals surface area (Å²) in [5, 5.41) is 7.39. The highest BCUT2D eigenvalue weighted by atomic mass is 19.1. The molecule has 156 valence electrons. The van der Waals surface area contributed by atoms with Gasteiger partial charge in [0.05, 0.1) is 29.2 Å². The number of hydrogen-bond acceptors (Lipinski definition) is 5. The standard InChI is InChI=1S/C21H27FN4O3/c1-12-7-17(19-13(2)25-29-20(19)24-12)21(28)26-11-15(22)9-16(26)10-23-18(27)8-14-5-3-4-6-14/h7,14-16H,3-6,8-11H2,1-2H3,(H,23,27)/t15-,16-/m0/s1. The molecule has 1 N–H and O–H groups in total. The number of hydrogen-bond donors (Lipinski definition) is 1. The number of nitrogens with zero attached hydrogens (tertiary/aromatic N) is 3. The third kappa shape index (κ3) is 4.11. The second kappa shape index (κ2) is 8.08. The quantitative estimate of drug-likeness (QED) is 0.830. The number of nitrogens with one attached hydrogen (secondary N) is 1. The molecule has 2 aliphatic rings. The van der Waals surface area contributed by atoms with E-state index in [0.29, 0.717) is 40.4 Å². The van der Waals surface area contributed by atoms with Gasteiger partial charge >= 0.3 is 0 Å². The molecule has 2 aromatic rings. The maximum atomic E-state index is 14.2. The Bertz CT molecular complexity index is 922. The zero-order chi connectivity index (χ0) is 20.5. The Morgan fingerprint density at radius 3 is 2.83 bits per heavy atom. The number of rotatable bonds is 5. The normalized spacial score (nSPS) is 22.5. The number of carbonyl (C=O) groups excluding carboxylic acids is 2. The summed E-state index contributed by atoms with van der Waals surface area (Å²) < 4.78 is 19.4. The van der Waals surface area contributed by atoms with Crippen molar-refractivity contribution in [2.75, 3.05) is 13.1 Å². The second-order valence-corrected chi connectivity index (χ2v) is 8.36. The van der Waals surface area contributed by atoms with Crippen LogP contribution in [0.2, 0.25) is 0 Å². The molecule has 2 fully saturated rings. The summed E-state index contributed by atoms with van der Waals surface area (Å²) in [5.74, 6) is 0.167. The fourth-order valence-electron chi connectivity index (χ4n) is 4.62. The highest BCUT2D eigenvalue weighted by Crippen LogP contribution is 2.29. The third-order valence-electron chi connectivity index (χ3n) is 6.08. The summed E-state index contributed by atoms with van der Waals surface area (Å²) in [6.45, 7) is 3.82. The number of pyridine rings is 1. The molecule has 2 amide bonds. The van der Waals surface area contributed by atoms with Crippen LogP contribution in [0.15, 0.2) is 10.6 Å². The van der Waals surface area contributed by atoms with Crippen LogP contribution in [0.25, 0.3) is 11.1 Å². The van der Waals surface area contributed by atoms with Crippen LogP contribution in [-0.4, -0.2) is 52.2 Å². The topological polar surface area (TPSA) is 88.3 Å². The molecule has 8 heteroatoms. The predicted octanol–water partition coefficient (Wildman–Crippen LogP) is 3.09. The molecule has 0 aromatic carbocycles. The van der Waals surface area contributed by atoms with Gasteiger partial charge in [-0.3, -0.25) is 9.59 Å². The lowest BCUT2D eigenvalue weighted by molar-refractivity contribution is -0.122. The fraction of sp³-hybridized carbons (Fsp3) is 0.619. The maximum absolute atomic E-state index is 14.2. The molecule has 2 aromatic heterocycles. The van der Waals surface area contributed by atoms with Crippen LogP contribution in [-0.2, 0) is 4.79 Å². The van der Waals surface area contributed by atoms with E-state index in [-0.39, 0.29) is 37.4 Å². The Kier molecular flexibility index (Phi) is 5.52. The lowest BCUT2D eigenvalue weighted by Crippen LogP contribution is -2.43. The van der Waals surface area contributed by atoms with Gasteiger partial charge in [0.1, 0.15) is 6.17 Å². The number of aromatic nitrogens is 2. The second-order valence-electron chi connectivity index (χ2n) is 8.36. The van der Waals surface area contributed by atoms with Gasteiger partial charge in [0, 0.05) is 25.1 Å². The fourth-order valence-corrected chi connectivity index (χ4v) is 4.62. The van der Waals surface area contributed by atoms with Crippen molar-refractivity contribution >= 4 is 22.9 Å². The van der Waals surface area contributed by atoms with Gasteiger partial charge in [0.25, 0.3) is 11.6 Å². The number of aryl methyl sites for hydroxylation is 2. The summed E-state index contributed by atoms with van der Waals surface area (Å²) in [6, 6.07) is 1.32. The molecule has 7 nitrogen and oxygen atoms in total. The first kappa shape index (κ1) is 19.8. The first-order chi connectivity index (χ1) is 13.9. The number of likely N-dealkylation sites (tertiary alicyclic amines) is 1. The third-order valence-corrected chi connectivity index (χ3v) is 6.08. The van der Waals surface area contributed by atoms with E-state index in [1.54, 1.807) is 19.9 Å². The van der Waals surface area contributed by atoms with Crippen LogP contribution in [0.3, 0.4) is 0 Å². The minimum atomic E-state index is -1.10. The first-order valence-corrected chi connectivity index (χ1v) is 10.4. The van der Waals surface area contributed by atoms with Gasteiger partial charge in [-0.25, -0.2) is 9.37 Å². The lowest BCUT2D eigenvalue weighted by atomic mass is 10.0. The number of halogens is 1. The molecule has 0 radical (unpaired) electrons. The lowest BCUT2D eigenvalue weighted by Gasteiger charge is -2.25. The molecule has 3 heterocycles. The first-order valence-electron chi connectivity index (χ1n) is 10.4. The van der Waals surface area contributed by atoms with E-state index >= 15 is 0 Å². The Labute approximate surface area is 169 Å². The van der Waals surface area contributed by atoms with Gasteiger partial charge in [-0.15, -0.1) is 0 Å². The molecule has 1 saturated carbocycles. The molecule has 0 spiro atoms. The van der Waals surface area contributed by atoms with E-state index < -0.39 is 6.17 Å². The predicted molar refractivity (Wildman–Crippen MR) is 105 cm³/mol. The highest BCUT2D eigenvalue weighted by Gasteiger charge is 2.37. The van der Waals surface area contributed by atoms with E-state index in [9.17, 15) is 14.0 Å². The van der Waals surface area contributed by atoms with Crippen LogP contribution in [0.4, 0.5) is 4.39 Å². The maximum Gasteiger partial charge on any atom is 0.258 e. The van der Waals surface area contributed by atoms with Crippen molar-refractivity contribution in [1.29, 1.82) is 0 Å². The molecule has 0 bridgehead atoms. The molecule has 1 aliphatic carbocycles. The smallest absolute Gasteiger partial charge is 0.258 e. The molecule has 0 unspecified atom stereocenters. The van der Waals surface area contributed by atoms with Crippen LogP contribution in [0.1, 0.15) is 60.3 Å². The molecule has 1 saturated heterocycles. The van der Waals surface area contributed by atoms with Crippen molar-refractivity contribution in [2.45, 2.75) is 64.6 Å². The van der Waals surface area contributed by atoms with Gasteiger partial charge in [-0.1, -0.05) is 18.0 Å². The zero-order valence-electron chi connectivity index (χ0n) is 16.9. The Balaban J connectivity index is 1.48. The average molecular weight is 402 g/mol. The molecular formula is C21H27FN4O3. The van der Waals surface area contributed by atoms with Crippen molar-refractivity contribution in [3.05, 3.63) is 23.0 Å². The Morgan fingerprint density at radius 1 is 1.31 bits per heavy atom. The summed E-state index contributed by atoms with van der Waals surface area (Å²) >= 11 is 0. The molecule has 4 rings (SSSR count). The highest BCUT2D eigenvalue weighted by molar-refractivity contribution is 6.06. The largest absolute Gasteiger partial charge is 0.354 e. The van der Waals surface area contributed by atoms with E-state index in [4.69, 9.17) is 4.52 Å². The minimum Gasteiger partial charge on any atom is -0.354 e. The Hall–Kier alpha value is -2.51. The molecular weight excluding hydrogens is 375 g/mol. The van der Waals surface area contributed by atoms with Crippen molar-refractivity contribution in [1.82, 2.24) is 20.4 Å². The van der Waals surface area contributed by atoms with E-state index in [1.165, 1.54) is 17.7 Å². The monoisotopic (exact) mass is 402 g/mol. The molecule has 29 heavy (non-hydrogen) atoms. The summed E-state index contributed by atoms with van der Waals surface area (Å²) in [6.07, 6.45) is 4.23. The van der Waals surface area contributed by atoms with Crippen LogP contribution in [0, 0.1) is 19.8 Å². The van der Waals surface area contributed by atoms with Crippen molar-refractivity contribution in [3.63, 3.8) is 0 Å². The van der Waals surface area contributed by atoms with E-state index in [2.05, 4.69) is 15.5 Å². The minimum absolute atomic E-state index is 0.0105. The average Bonchev–Trinajstić information content (AvgIpc) is 3.40. The van der Waals surface area contributed by atoms with Gasteiger partial charge in [-0.05, 0) is 38.7 Å². The number of amides is 2. The van der Waals surface area contributed by atoms with Gasteiger partial charge < -0.3 is 14.7 Å². The number of carbonyl (C=O) groups is 2. The molecule has 1 aliphatic heterocycles. The summed E-state index contributed by atoms with van der Waals surface area (Å²) in [4.78, 5) is 31.4. The number of fused-ring (bicyclic) bond motifs is 1. The Morgan fingerprint density at radius 2 is 2.07 bits per heavy atom. The van der Waals surface area contributed by atoms with Crippen molar-refractivity contribution in [2.24, 2.45) is 5.92 Å². The van der Waals surface area contributed by atoms with Crippen molar-refractivity contribution < 1.29 is 18.5 Å². The van der Waals surface area contributed by atoms with Gasteiger partial charge in [0.2, 0.25) is 5.91 Å². The summed E-state index contributed by atoms with van der Waals surface area (Å²) in [5.41, 5.74) is 1.94. The van der Waals surface area contributed by atoms with E-state index in [1.807, 2.05) is 0 Å². The van der Waals surface area contributed by atoms with Crippen molar-refractivity contribution in [3.8, 4) is 0 Å². The van der Waals surface area contributed by atoms with E-state index in [0.717, 1.165) is 12.8 Å².